The lowest BCUT2D eigenvalue weighted by atomic mass is 10.2. The molecule has 1 saturated heterocycles. The third kappa shape index (κ3) is 4.73. The van der Waals surface area contributed by atoms with Crippen molar-refractivity contribution in [2.24, 2.45) is 0 Å². The average molecular weight is 371 g/mol. The molecule has 11 heteroatoms. The van der Waals surface area contributed by atoms with Crippen molar-refractivity contribution >= 4 is 33.3 Å². The van der Waals surface area contributed by atoms with E-state index in [-0.39, 0.29) is 25.1 Å². The molecule has 10 nitrogen and oxygen atoms in total. The Morgan fingerprint density at radius 1 is 1.48 bits per heavy atom. The van der Waals surface area contributed by atoms with Gasteiger partial charge in [0.2, 0.25) is 10.0 Å². The smallest absolute Gasteiger partial charge is 0.307 e. The number of amides is 1. The van der Waals surface area contributed by atoms with Gasteiger partial charge in [-0.05, 0) is 13.1 Å². The minimum Gasteiger partial charge on any atom is -0.452 e. The summed E-state index contributed by atoms with van der Waals surface area (Å²) in [5.74, 6) is -1.72. The molecule has 1 heterocycles. The quantitative estimate of drug-likeness (QED) is 0.410. The zero-order chi connectivity index (χ0) is 18.6. The molecular weight excluding hydrogens is 354 g/mol. The fourth-order valence-corrected chi connectivity index (χ4v) is 2.97. The van der Waals surface area contributed by atoms with E-state index in [2.05, 4.69) is 4.72 Å². The molecule has 0 spiro atoms. The van der Waals surface area contributed by atoms with Crippen molar-refractivity contribution in [1.82, 2.24) is 4.72 Å². The summed E-state index contributed by atoms with van der Waals surface area (Å²) in [5.41, 5.74) is 0.193. The van der Waals surface area contributed by atoms with Gasteiger partial charge in [0.05, 0.1) is 22.8 Å². The van der Waals surface area contributed by atoms with Crippen LogP contribution in [0.15, 0.2) is 24.3 Å². The van der Waals surface area contributed by atoms with Gasteiger partial charge in [0.1, 0.15) is 0 Å². The lowest BCUT2D eigenvalue weighted by Crippen LogP contribution is -2.32. The Morgan fingerprint density at radius 2 is 2.20 bits per heavy atom. The van der Waals surface area contributed by atoms with Crippen molar-refractivity contribution in [2.75, 3.05) is 24.2 Å². The number of nitro benzene ring substituents is 1. The molecule has 1 amide bonds. The number of anilines is 1. The lowest BCUT2D eigenvalue weighted by Gasteiger charge is -2.16. The van der Waals surface area contributed by atoms with Crippen LogP contribution in [0.3, 0.4) is 0 Å². The first kappa shape index (κ1) is 18.8. The Morgan fingerprint density at radius 3 is 2.84 bits per heavy atom. The molecule has 1 fully saturated rings. The first-order chi connectivity index (χ1) is 11.7. The standard InChI is InChI=1S/C14H17N3O7S/c1-15-25(22,23)8-6-13(18)24-12-5-7-16(14(12)19)10-3-2-4-11(9-10)17(20)21/h2-4,9,12,15H,5-8H2,1H3/t12-/m1/s1. The van der Waals surface area contributed by atoms with Crippen LogP contribution in [0.2, 0.25) is 0 Å². The second-order valence-electron chi connectivity index (χ2n) is 5.31. The fraction of sp³-hybridized carbons (Fsp3) is 0.429. The molecule has 1 N–H and O–H groups in total. The summed E-state index contributed by atoms with van der Waals surface area (Å²) in [6.07, 6.45) is -1.17. The molecule has 0 aliphatic carbocycles. The summed E-state index contributed by atoms with van der Waals surface area (Å²) in [4.78, 5) is 35.6. The van der Waals surface area contributed by atoms with Crippen molar-refractivity contribution < 1.29 is 27.7 Å². The summed E-state index contributed by atoms with van der Waals surface area (Å²) in [6.45, 7) is 0.243. The van der Waals surface area contributed by atoms with Crippen molar-refractivity contribution in [3.63, 3.8) is 0 Å². The van der Waals surface area contributed by atoms with Gasteiger partial charge < -0.3 is 9.64 Å². The Balaban J connectivity index is 1.98. The van der Waals surface area contributed by atoms with E-state index in [1.54, 1.807) is 6.07 Å². The number of non-ortho nitro benzene ring substituents is 1. The number of rotatable bonds is 7. The van der Waals surface area contributed by atoms with E-state index in [0.29, 0.717) is 5.69 Å². The van der Waals surface area contributed by atoms with Crippen LogP contribution in [0.25, 0.3) is 0 Å². The Hall–Kier alpha value is -2.53. The van der Waals surface area contributed by atoms with Crippen LogP contribution >= 0.6 is 0 Å². The van der Waals surface area contributed by atoms with Gasteiger partial charge in [0, 0.05) is 25.1 Å². The molecular formula is C14H17N3O7S. The van der Waals surface area contributed by atoms with Crippen LogP contribution < -0.4 is 9.62 Å². The third-order valence-electron chi connectivity index (χ3n) is 3.67. The number of sulfonamides is 1. The summed E-state index contributed by atoms with van der Waals surface area (Å²) < 4.78 is 29.7. The number of benzene rings is 1. The molecule has 0 saturated carbocycles. The van der Waals surface area contributed by atoms with Crippen molar-refractivity contribution in [2.45, 2.75) is 18.9 Å². The SMILES string of the molecule is CNS(=O)(=O)CCC(=O)O[C@@H]1CCN(c2cccc([N+](=O)[O-])c2)C1=O. The van der Waals surface area contributed by atoms with Gasteiger partial charge in [-0.3, -0.25) is 19.7 Å². The van der Waals surface area contributed by atoms with Crippen LogP contribution in [0, 0.1) is 10.1 Å². The third-order valence-corrected chi connectivity index (χ3v) is 5.03. The van der Waals surface area contributed by atoms with E-state index in [9.17, 15) is 28.1 Å². The van der Waals surface area contributed by atoms with Gasteiger partial charge in [-0.15, -0.1) is 0 Å². The molecule has 0 aromatic heterocycles. The molecule has 2 rings (SSSR count). The highest BCUT2D eigenvalue weighted by Gasteiger charge is 2.36. The topological polar surface area (TPSA) is 136 Å². The number of nitro groups is 1. The molecule has 1 aliphatic heterocycles. The van der Waals surface area contributed by atoms with Crippen LogP contribution in [-0.4, -0.2) is 50.7 Å². The first-order valence-corrected chi connectivity index (χ1v) is 9.05. The minimum absolute atomic E-state index is 0.150. The molecule has 25 heavy (non-hydrogen) atoms. The number of ether oxygens (including phenoxy) is 1. The van der Waals surface area contributed by atoms with Crippen LogP contribution in [0.5, 0.6) is 0 Å². The summed E-state index contributed by atoms with van der Waals surface area (Å²) >= 11 is 0. The molecule has 1 aromatic rings. The number of carbonyl (C=O) groups excluding carboxylic acids is 2. The molecule has 0 bridgehead atoms. The van der Waals surface area contributed by atoms with Gasteiger partial charge in [0.25, 0.3) is 11.6 Å². The van der Waals surface area contributed by atoms with Gasteiger partial charge in [-0.2, -0.15) is 0 Å². The van der Waals surface area contributed by atoms with Crippen LogP contribution in [-0.2, 0) is 24.3 Å². The largest absolute Gasteiger partial charge is 0.452 e. The molecule has 0 unspecified atom stereocenters. The Bertz CT molecular complexity index is 793. The van der Waals surface area contributed by atoms with Crippen LogP contribution in [0.4, 0.5) is 11.4 Å². The van der Waals surface area contributed by atoms with Gasteiger partial charge in [0.15, 0.2) is 6.10 Å². The summed E-state index contributed by atoms with van der Waals surface area (Å²) in [7, 11) is -2.30. The maximum absolute atomic E-state index is 12.3. The van der Waals surface area contributed by atoms with E-state index < -0.39 is 38.7 Å². The summed E-state index contributed by atoms with van der Waals surface area (Å²) in [6, 6.07) is 5.59. The van der Waals surface area contributed by atoms with E-state index in [1.807, 2.05) is 0 Å². The highest BCUT2D eigenvalue weighted by molar-refractivity contribution is 7.89. The molecule has 1 aromatic carbocycles. The van der Waals surface area contributed by atoms with Gasteiger partial charge >= 0.3 is 5.97 Å². The lowest BCUT2D eigenvalue weighted by molar-refractivity contribution is -0.384. The number of hydrogen-bond donors (Lipinski definition) is 1. The fourth-order valence-electron chi connectivity index (χ4n) is 2.33. The number of nitrogens with one attached hydrogen (secondary N) is 1. The summed E-state index contributed by atoms with van der Waals surface area (Å²) in [5, 5.41) is 10.8. The van der Waals surface area contributed by atoms with Crippen molar-refractivity contribution in [1.29, 1.82) is 0 Å². The average Bonchev–Trinajstić information content (AvgIpc) is 2.94. The maximum Gasteiger partial charge on any atom is 0.307 e. The number of hydrogen-bond acceptors (Lipinski definition) is 7. The van der Waals surface area contributed by atoms with Crippen molar-refractivity contribution in [3.8, 4) is 0 Å². The van der Waals surface area contributed by atoms with E-state index in [0.717, 1.165) is 0 Å². The second-order valence-corrected chi connectivity index (χ2v) is 7.35. The van der Waals surface area contributed by atoms with E-state index in [1.165, 1.54) is 30.1 Å². The predicted molar refractivity (Wildman–Crippen MR) is 87.4 cm³/mol. The van der Waals surface area contributed by atoms with E-state index in [4.69, 9.17) is 4.74 Å². The van der Waals surface area contributed by atoms with Crippen LogP contribution in [0.1, 0.15) is 12.8 Å². The molecule has 136 valence electrons. The Labute approximate surface area is 144 Å². The first-order valence-electron chi connectivity index (χ1n) is 7.40. The zero-order valence-corrected chi connectivity index (χ0v) is 14.2. The maximum atomic E-state index is 12.3. The monoisotopic (exact) mass is 371 g/mol. The van der Waals surface area contributed by atoms with Gasteiger partial charge in [-0.25, -0.2) is 13.1 Å². The zero-order valence-electron chi connectivity index (χ0n) is 13.4. The normalized spacial score (nSPS) is 17.6. The highest BCUT2D eigenvalue weighted by Crippen LogP contribution is 2.26. The predicted octanol–water partition coefficient (Wildman–Crippen LogP) is 0.183. The molecule has 1 atom stereocenters. The van der Waals surface area contributed by atoms with E-state index >= 15 is 0 Å². The number of carbonyl (C=O) groups is 2. The Kier molecular flexibility index (Phi) is 5.69. The second kappa shape index (κ2) is 7.57. The molecule has 0 radical (unpaired) electrons. The van der Waals surface area contributed by atoms with Crippen molar-refractivity contribution in [3.05, 3.63) is 34.4 Å². The molecule has 1 aliphatic rings. The van der Waals surface area contributed by atoms with Gasteiger partial charge in [-0.1, -0.05) is 6.07 Å². The highest BCUT2D eigenvalue weighted by atomic mass is 32.2. The number of nitrogens with zero attached hydrogens (tertiary/aromatic N) is 2. The number of esters is 1. The minimum atomic E-state index is -3.54.